The van der Waals surface area contributed by atoms with Crippen molar-refractivity contribution in [2.45, 2.75) is 52.2 Å². The third-order valence-electron chi connectivity index (χ3n) is 6.73. The van der Waals surface area contributed by atoms with Gasteiger partial charge < -0.3 is 14.1 Å². The number of rotatable bonds is 10. The standard InChI is InChI=1S/C30H33FN6O3/c1-5-39-23-12-13-26-21(17-23)18-25(29(38)32-26)27(28-33-34-35-37(28)30(2,3)4)36(19-24-7-6-16-40-24)15-14-20-8-10-22(31)11-9-20/h6-13,16-18,27H,5,14-15,19H2,1-4H3,(H,32,38). The average molecular weight is 545 g/mol. The summed E-state index contributed by atoms with van der Waals surface area (Å²) in [6, 6.07) is 17.0. The predicted molar refractivity (Wildman–Crippen MR) is 150 cm³/mol. The van der Waals surface area contributed by atoms with Gasteiger partial charge in [0.25, 0.3) is 5.56 Å². The van der Waals surface area contributed by atoms with E-state index in [2.05, 4.69) is 25.4 Å². The number of halogens is 1. The maximum atomic E-state index is 13.7. The average Bonchev–Trinajstić information content (AvgIpc) is 3.61. The van der Waals surface area contributed by atoms with Gasteiger partial charge in [0, 0.05) is 23.0 Å². The molecule has 0 aliphatic carbocycles. The molecule has 0 saturated carbocycles. The molecule has 3 heterocycles. The van der Waals surface area contributed by atoms with Crippen molar-refractivity contribution in [3.05, 3.63) is 106 Å². The summed E-state index contributed by atoms with van der Waals surface area (Å²) in [6.45, 7) is 9.41. The quantitative estimate of drug-likeness (QED) is 0.257. The van der Waals surface area contributed by atoms with Crippen LogP contribution in [0.4, 0.5) is 4.39 Å². The number of nitrogens with zero attached hydrogens (tertiary/aromatic N) is 5. The van der Waals surface area contributed by atoms with Crippen LogP contribution in [0.1, 0.15) is 56.4 Å². The Labute approximate surface area is 231 Å². The van der Waals surface area contributed by atoms with Crippen molar-refractivity contribution in [3.8, 4) is 5.75 Å². The number of nitrogens with one attached hydrogen (secondary N) is 1. The Morgan fingerprint density at radius 3 is 2.62 bits per heavy atom. The molecule has 40 heavy (non-hydrogen) atoms. The fourth-order valence-corrected chi connectivity index (χ4v) is 4.83. The highest BCUT2D eigenvalue weighted by molar-refractivity contribution is 5.80. The van der Waals surface area contributed by atoms with E-state index in [0.717, 1.165) is 16.7 Å². The van der Waals surface area contributed by atoms with Gasteiger partial charge in [-0.3, -0.25) is 9.69 Å². The summed E-state index contributed by atoms with van der Waals surface area (Å²) in [4.78, 5) is 18.9. The minimum absolute atomic E-state index is 0.239. The molecule has 0 aliphatic rings. The van der Waals surface area contributed by atoms with E-state index in [9.17, 15) is 9.18 Å². The molecule has 9 nitrogen and oxygen atoms in total. The highest BCUT2D eigenvalue weighted by atomic mass is 19.1. The van der Waals surface area contributed by atoms with Crippen molar-refractivity contribution < 1.29 is 13.5 Å². The molecular formula is C30H33FN6O3. The molecule has 1 unspecified atom stereocenters. The minimum atomic E-state index is -0.622. The van der Waals surface area contributed by atoms with Crippen LogP contribution in [0.3, 0.4) is 0 Å². The fourth-order valence-electron chi connectivity index (χ4n) is 4.83. The number of fused-ring (bicyclic) bond motifs is 1. The van der Waals surface area contributed by atoms with Gasteiger partial charge in [-0.2, -0.15) is 0 Å². The lowest BCUT2D eigenvalue weighted by molar-refractivity contribution is 0.181. The van der Waals surface area contributed by atoms with Crippen LogP contribution in [-0.2, 0) is 18.5 Å². The maximum absolute atomic E-state index is 13.7. The summed E-state index contributed by atoms with van der Waals surface area (Å²) in [5.41, 5.74) is 1.48. The first kappa shape index (κ1) is 27.3. The second kappa shape index (κ2) is 11.4. The molecule has 0 aliphatic heterocycles. The normalized spacial score (nSPS) is 12.8. The van der Waals surface area contributed by atoms with Gasteiger partial charge in [-0.05, 0) is 98.6 Å². The van der Waals surface area contributed by atoms with E-state index in [1.807, 2.05) is 64.1 Å². The first-order valence-electron chi connectivity index (χ1n) is 13.3. The van der Waals surface area contributed by atoms with E-state index in [-0.39, 0.29) is 11.4 Å². The highest BCUT2D eigenvalue weighted by Crippen LogP contribution is 2.31. The van der Waals surface area contributed by atoms with Crippen molar-refractivity contribution in [1.29, 1.82) is 0 Å². The first-order chi connectivity index (χ1) is 19.2. The van der Waals surface area contributed by atoms with Crippen LogP contribution in [0.2, 0.25) is 0 Å². The first-order valence-corrected chi connectivity index (χ1v) is 13.3. The molecule has 0 saturated heterocycles. The Morgan fingerprint density at radius 1 is 1.12 bits per heavy atom. The minimum Gasteiger partial charge on any atom is -0.494 e. The van der Waals surface area contributed by atoms with Crippen LogP contribution in [0.15, 0.2) is 76.1 Å². The SMILES string of the molecule is CCOc1ccc2[nH]c(=O)c(C(c3nnnn3C(C)(C)C)N(CCc3ccc(F)cc3)Cc3ccco3)cc2c1. The van der Waals surface area contributed by atoms with Crippen LogP contribution in [0.5, 0.6) is 5.75 Å². The van der Waals surface area contributed by atoms with E-state index >= 15 is 0 Å². The molecule has 208 valence electrons. The van der Waals surface area contributed by atoms with Crippen LogP contribution >= 0.6 is 0 Å². The number of pyridine rings is 1. The maximum Gasteiger partial charge on any atom is 0.253 e. The lowest BCUT2D eigenvalue weighted by atomic mass is 10.0. The van der Waals surface area contributed by atoms with E-state index in [1.54, 1.807) is 23.1 Å². The fraction of sp³-hybridized carbons (Fsp3) is 0.333. The lowest BCUT2D eigenvalue weighted by Gasteiger charge is -2.32. The van der Waals surface area contributed by atoms with Gasteiger partial charge in [0.05, 0.1) is 25.0 Å². The molecule has 10 heteroatoms. The number of aromatic nitrogens is 5. The third-order valence-corrected chi connectivity index (χ3v) is 6.73. The summed E-state index contributed by atoms with van der Waals surface area (Å²) in [7, 11) is 0. The highest BCUT2D eigenvalue weighted by Gasteiger charge is 2.33. The van der Waals surface area contributed by atoms with Gasteiger partial charge in [-0.25, -0.2) is 9.07 Å². The zero-order valence-corrected chi connectivity index (χ0v) is 23.1. The molecule has 0 fully saturated rings. The molecule has 0 amide bonds. The topological polar surface area (TPSA) is 102 Å². The molecule has 1 atom stereocenters. The number of aromatic amines is 1. The van der Waals surface area contributed by atoms with Crippen LogP contribution in [-0.4, -0.2) is 43.2 Å². The van der Waals surface area contributed by atoms with Crippen LogP contribution < -0.4 is 10.3 Å². The van der Waals surface area contributed by atoms with Crippen molar-refractivity contribution in [2.75, 3.05) is 13.2 Å². The Morgan fingerprint density at radius 2 is 1.93 bits per heavy atom. The third kappa shape index (κ3) is 5.96. The number of tetrazole rings is 1. The molecule has 2 aromatic carbocycles. The van der Waals surface area contributed by atoms with Gasteiger partial charge in [-0.1, -0.05) is 12.1 Å². The van der Waals surface area contributed by atoms with Gasteiger partial charge in [0.15, 0.2) is 5.82 Å². The lowest BCUT2D eigenvalue weighted by Crippen LogP contribution is -2.38. The molecule has 3 aromatic heterocycles. The second-order valence-corrected chi connectivity index (χ2v) is 10.7. The monoisotopic (exact) mass is 544 g/mol. The number of H-pyrrole nitrogens is 1. The molecule has 5 aromatic rings. The van der Waals surface area contributed by atoms with Gasteiger partial charge in [0.1, 0.15) is 23.4 Å². The Bertz CT molecular complexity index is 1620. The van der Waals surface area contributed by atoms with Crippen molar-refractivity contribution in [3.63, 3.8) is 0 Å². The number of ether oxygens (including phenoxy) is 1. The van der Waals surface area contributed by atoms with Gasteiger partial charge >= 0.3 is 0 Å². The van der Waals surface area contributed by atoms with E-state index < -0.39 is 11.6 Å². The van der Waals surface area contributed by atoms with E-state index in [0.29, 0.717) is 48.8 Å². The summed E-state index contributed by atoms with van der Waals surface area (Å²) in [6.07, 6.45) is 2.23. The van der Waals surface area contributed by atoms with Crippen molar-refractivity contribution in [1.82, 2.24) is 30.1 Å². The van der Waals surface area contributed by atoms with Crippen molar-refractivity contribution >= 4 is 10.9 Å². The molecule has 0 bridgehead atoms. The van der Waals surface area contributed by atoms with Crippen LogP contribution in [0, 0.1) is 5.82 Å². The van der Waals surface area contributed by atoms with Crippen molar-refractivity contribution in [2.24, 2.45) is 0 Å². The number of furan rings is 1. The van der Waals surface area contributed by atoms with Crippen LogP contribution in [0.25, 0.3) is 10.9 Å². The summed E-state index contributed by atoms with van der Waals surface area (Å²) >= 11 is 0. The van der Waals surface area contributed by atoms with Gasteiger partial charge in [0.2, 0.25) is 0 Å². The molecule has 5 rings (SSSR count). The number of hydrogen-bond donors (Lipinski definition) is 1. The summed E-state index contributed by atoms with van der Waals surface area (Å²) < 4.78 is 26.8. The largest absolute Gasteiger partial charge is 0.494 e. The number of hydrogen-bond acceptors (Lipinski definition) is 7. The summed E-state index contributed by atoms with van der Waals surface area (Å²) in [5.74, 6) is 1.69. The predicted octanol–water partition coefficient (Wildman–Crippen LogP) is 5.23. The Kier molecular flexibility index (Phi) is 7.79. The van der Waals surface area contributed by atoms with E-state index in [1.165, 1.54) is 12.1 Å². The molecule has 0 spiro atoms. The molecule has 0 radical (unpaired) electrons. The Hall–Kier alpha value is -4.31. The second-order valence-electron chi connectivity index (χ2n) is 10.7. The zero-order chi connectivity index (χ0) is 28.3. The number of benzene rings is 2. The van der Waals surface area contributed by atoms with E-state index in [4.69, 9.17) is 9.15 Å². The summed E-state index contributed by atoms with van der Waals surface area (Å²) in [5, 5.41) is 13.6. The van der Waals surface area contributed by atoms with Gasteiger partial charge in [-0.15, -0.1) is 5.10 Å². The Balaban J connectivity index is 1.66. The zero-order valence-electron chi connectivity index (χ0n) is 23.1. The molecular weight excluding hydrogens is 511 g/mol. The molecule has 1 N–H and O–H groups in total. The smallest absolute Gasteiger partial charge is 0.253 e.